The molecule has 108 valence electrons. The predicted octanol–water partition coefficient (Wildman–Crippen LogP) is 1.25. The first kappa shape index (κ1) is 13.5. The molecule has 1 aromatic heterocycles. The van der Waals surface area contributed by atoms with Gasteiger partial charge in [-0.2, -0.15) is 0 Å². The first-order valence-electron chi connectivity index (χ1n) is 7.28. The van der Waals surface area contributed by atoms with Gasteiger partial charge in [0.1, 0.15) is 0 Å². The zero-order valence-corrected chi connectivity index (χ0v) is 11.6. The highest BCUT2D eigenvalue weighted by molar-refractivity contribution is 5.87. The minimum atomic E-state index is -0.742. The van der Waals surface area contributed by atoms with Crippen molar-refractivity contribution in [1.29, 1.82) is 0 Å². The van der Waals surface area contributed by atoms with Gasteiger partial charge in [0.05, 0.1) is 11.6 Å². The lowest BCUT2D eigenvalue weighted by Gasteiger charge is -2.37. The van der Waals surface area contributed by atoms with E-state index < -0.39 is 5.54 Å². The number of carbonyl (C=O) groups is 1. The van der Waals surface area contributed by atoms with E-state index in [1.165, 1.54) is 0 Å². The second-order valence-electron chi connectivity index (χ2n) is 5.71. The molecule has 2 saturated heterocycles. The number of hydrogen-bond donors (Lipinski definition) is 1. The maximum absolute atomic E-state index is 12.8. The Morgan fingerprint density at radius 1 is 1.35 bits per heavy atom. The molecule has 0 saturated carbocycles. The Hall–Kier alpha value is -1.46. The van der Waals surface area contributed by atoms with Gasteiger partial charge in [-0.05, 0) is 43.4 Å². The highest BCUT2D eigenvalue weighted by Gasteiger charge is 2.42. The third-order valence-electron chi connectivity index (χ3n) is 4.42. The highest BCUT2D eigenvalue weighted by atomic mass is 16.5. The first-order chi connectivity index (χ1) is 9.71. The molecule has 0 aromatic carbocycles. The summed E-state index contributed by atoms with van der Waals surface area (Å²) in [4.78, 5) is 18.8. The molecule has 1 atom stereocenters. The summed E-state index contributed by atoms with van der Waals surface area (Å²) in [5.41, 5.74) is 6.75. The Morgan fingerprint density at radius 2 is 2.05 bits per heavy atom. The van der Waals surface area contributed by atoms with Crippen molar-refractivity contribution in [2.24, 2.45) is 5.73 Å². The van der Waals surface area contributed by atoms with Crippen molar-refractivity contribution in [1.82, 2.24) is 9.88 Å². The molecule has 3 rings (SSSR count). The predicted molar refractivity (Wildman–Crippen MR) is 74.9 cm³/mol. The normalized spacial score (nSPS) is 25.6. The molecule has 0 bridgehead atoms. The Morgan fingerprint density at radius 3 is 2.75 bits per heavy atom. The Balaban J connectivity index is 1.80. The molecule has 5 nitrogen and oxygen atoms in total. The minimum absolute atomic E-state index is 0.0834. The zero-order chi connectivity index (χ0) is 14.0. The topological polar surface area (TPSA) is 68.5 Å². The lowest BCUT2D eigenvalue weighted by molar-refractivity contribution is -0.141. The SMILES string of the molecule is NC1(C(=O)N2CCCC2c2ccncc2)CCOCC1. The molecular weight excluding hydrogens is 254 g/mol. The Bertz CT molecular complexity index is 471. The van der Waals surface area contributed by atoms with Crippen LogP contribution < -0.4 is 5.73 Å². The van der Waals surface area contributed by atoms with Crippen LogP contribution in [0.2, 0.25) is 0 Å². The third kappa shape index (κ3) is 2.43. The van der Waals surface area contributed by atoms with E-state index in [0.717, 1.165) is 24.9 Å². The molecule has 0 radical (unpaired) electrons. The van der Waals surface area contributed by atoms with Crippen LogP contribution in [-0.2, 0) is 9.53 Å². The van der Waals surface area contributed by atoms with Gasteiger partial charge in [0.15, 0.2) is 0 Å². The van der Waals surface area contributed by atoms with Gasteiger partial charge >= 0.3 is 0 Å². The van der Waals surface area contributed by atoms with Crippen LogP contribution in [0, 0.1) is 0 Å². The van der Waals surface area contributed by atoms with Crippen molar-refractivity contribution in [3.63, 3.8) is 0 Å². The summed E-state index contributed by atoms with van der Waals surface area (Å²) < 4.78 is 5.33. The summed E-state index contributed by atoms with van der Waals surface area (Å²) in [5, 5.41) is 0. The van der Waals surface area contributed by atoms with Gasteiger partial charge < -0.3 is 15.4 Å². The van der Waals surface area contributed by atoms with Crippen molar-refractivity contribution >= 4 is 5.91 Å². The van der Waals surface area contributed by atoms with Gasteiger partial charge in [0.25, 0.3) is 0 Å². The molecule has 1 unspecified atom stereocenters. The number of hydrogen-bond acceptors (Lipinski definition) is 4. The van der Waals surface area contributed by atoms with E-state index in [4.69, 9.17) is 10.5 Å². The minimum Gasteiger partial charge on any atom is -0.381 e. The van der Waals surface area contributed by atoms with Crippen LogP contribution in [0.4, 0.5) is 0 Å². The number of ether oxygens (including phenoxy) is 1. The Kier molecular flexibility index (Phi) is 3.72. The maximum atomic E-state index is 12.8. The molecule has 0 spiro atoms. The summed E-state index contributed by atoms with van der Waals surface area (Å²) in [6, 6.07) is 4.13. The van der Waals surface area contributed by atoms with E-state index in [2.05, 4.69) is 4.98 Å². The maximum Gasteiger partial charge on any atom is 0.243 e. The van der Waals surface area contributed by atoms with E-state index in [0.29, 0.717) is 26.1 Å². The van der Waals surface area contributed by atoms with Crippen molar-refractivity contribution < 1.29 is 9.53 Å². The van der Waals surface area contributed by atoms with Crippen molar-refractivity contribution in [3.05, 3.63) is 30.1 Å². The van der Waals surface area contributed by atoms with Crippen LogP contribution in [0.5, 0.6) is 0 Å². The number of carbonyl (C=O) groups excluding carboxylic acids is 1. The van der Waals surface area contributed by atoms with Crippen LogP contribution in [0.15, 0.2) is 24.5 Å². The van der Waals surface area contributed by atoms with Crippen molar-refractivity contribution in [2.75, 3.05) is 19.8 Å². The lowest BCUT2D eigenvalue weighted by atomic mass is 9.89. The smallest absolute Gasteiger partial charge is 0.243 e. The van der Waals surface area contributed by atoms with Gasteiger partial charge in [-0.25, -0.2) is 0 Å². The number of aromatic nitrogens is 1. The fourth-order valence-corrected chi connectivity index (χ4v) is 3.18. The second kappa shape index (κ2) is 5.50. The molecule has 3 heterocycles. The van der Waals surface area contributed by atoms with E-state index in [1.54, 1.807) is 12.4 Å². The average molecular weight is 275 g/mol. The van der Waals surface area contributed by atoms with E-state index in [9.17, 15) is 4.79 Å². The van der Waals surface area contributed by atoms with Gasteiger partial charge in [-0.15, -0.1) is 0 Å². The van der Waals surface area contributed by atoms with Crippen LogP contribution >= 0.6 is 0 Å². The molecule has 2 aliphatic heterocycles. The molecule has 0 aliphatic carbocycles. The van der Waals surface area contributed by atoms with E-state index in [-0.39, 0.29) is 11.9 Å². The number of likely N-dealkylation sites (tertiary alicyclic amines) is 1. The molecule has 2 aliphatic rings. The summed E-state index contributed by atoms with van der Waals surface area (Å²) in [5.74, 6) is 0.0834. The lowest BCUT2D eigenvalue weighted by Crippen LogP contribution is -2.57. The van der Waals surface area contributed by atoms with Crippen molar-refractivity contribution in [3.8, 4) is 0 Å². The average Bonchev–Trinajstić information content (AvgIpc) is 2.97. The van der Waals surface area contributed by atoms with Crippen LogP contribution in [0.1, 0.15) is 37.3 Å². The number of pyridine rings is 1. The first-order valence-corrected chi connectivity index (χ1v) is 7.28. The van der Waals surface area contributed by atoms with Gasteiger partial charge in [0, 0.05) is 32.2 Å². The fourth-order valence-electron chi connectivity index (χ4n) is 3.18. The second-order valence-corrected chi connectivity index (χ2v) is 5.71. The molecule has 2 N–H and O–H groups in total. The number of nitrogens with two attached hydrogens (primary N) is 1. The summed E-state index contributed by atoms with van der Waals surface area (Å²) >= 11 is 0. The van der Waals surface area contributed by atoms with Crippen LogP contribution in [0.3, 0.4) is 0 Å². The third-order valence-corrected chi connectivity index (χ3v) is 4.42. The molecule has 5 heteroatoms. The number of amides is 1. The monoisotopic (exact) mass is 275 g/mol. The molecule has 1 aromatic rings. The van der Waals surface area contributed by atoms with E-state index in [1.807, 2.05) is 17.0 Å². The van der Waals surface area contributed by atoms with E-state index >= 15 is 0 Å². The van der Waals surface area contributed by atoms with Crippen molar-refractivity contribution in [2.45, 2.75) is 37.3 Å². The summed E-state index contributed by atoms with van der Waals surface area (Å²) in [7, 11) is 0. The zero-order valence-electron chi connectivity index (χ0n) is 11.6. The number of rotatable bonds is 2. The van der Waals surface area contributed by atoms with Crippen LogP contribution in [-0.4, -0.2) is 41.1 Å². The fraction of sp³-hybridized carbons (Fsp3) is 0.600. The quantitative estimate of drug-likeness (QED) is 0.882. The summed E-state index contributed by atoms with van der Waals surface area (Å²) in [6.07, 6.45) is 6.83. The standard InChI is InChI=1S/C15H21N3O2/c16-15(5-10-20-11-6-15)14(19)18-9-1-2-13(18)12-3-7-17-8-4-12/h3-4,7-8,13H,1-2,5-6,9-11,16H2. The molecule has 1 amide bonds. The molecule has 20 heavy (non-hydrogen) atoms. The molecular formula is C15H21N3O2. The van der Waals surface area contributed by atoms with Gasteiger partial charge in [-0.3, -0.25) is 9.78 Å². The molecule has 2 fully saturated rings. The van der Waals surface area contributed by atoms with Crippen LogP contribution in [0.25, 0.3) is 0 Å². The number of nitrogens with zero attached hydrogens (tertiary/aromatic N) is 2. The highest BCUT2D eigenvalue weighted by Crippen LogP contribution is 2.34. The van der Waals surface area contributed by atoms with Gasteiger partial charge in [0.2, 0.25) is 5.91 Å². The Labute approximate surface area is 119 Å². The summed E-state index contributed by atoms with van der Waals surface area (Å²) in [6.45, 7) is 1.96. The largest absolute Gasteiger partial charge is 0.381 e. The van der Waals surface area contributed by atoms with Gasteiger partial charge in [-0.1, -0.05) is 0 Å².